The number of hydrogen-bond acceptors (Lipinski definition) is 3. The average Bonchev–Trinajstić information content (AvgIpc) is 2.14. The first-order valence-corrected chi connectivity index (χ1v) is 2.85. The molecule has 0 saturated carbocycles. The van der Waals surface area contributed by atoms with Crippen molar-refractivity contribution < 1.29 is 0 Å². The molecule has 0 aromatic carbocycles. The summed E-state index contributed by atoms with van der Waals surface area (Å²) in [6.45, 7) is 0.608. The largest absolute Gasteiger partial charge is 0.326 e. The van der Waals surface area contributed by atoms with Gasteiger partial charge in [0.05, 0.1) is 0 Å². The van der Waals surface area contributed by atoms with Crippen molar-refractivity contribution in [3.05, 3.63) is 17.1 Å². The fourth-order valence-electron chi connectivity index (χ4n) is 0.327. The maximum absolute atomic E-state index is 5.26. The maximum Gasteiger partial charge on any atom is 0.0451 e. The van der Waals surface area contributed by atoms with Gasteiger partial charge in [0, 0.05) is 18.1 Å². The lowest BCUT2D eigenvalue weighted by Gasteiger charge is -1.77. The summed E-state index contributed by atoms with van der Waals surface area (Å²) in [5.74, 6) is 0. The molecule has 0 radical (unpaired) electrons. The van der Waals surface area contributed by atoms with Gasteiger partial charge in [0.1, 0.15) is 0 Å². The van der Waals surface area contributed by atoms with Gasteiger partial charge in [-0.15, -0.1) is 12.4 Å². The van der Waals surface area contributed by atoms with Crippen molar-refractivity contribution in [2.24, 2.45) is 5.73 Å². The molecule has 0 atom stereocenters. The van der Waals surface area contributed by atoms with Gasteiger partial charge in [-0.2, -0.15) is 0 Å². The SMILES string of the molecule is Cl.NCc1cnsc1. The lowest BCUT2D eigenvalue weighted by atomic mass is 10.4. The van der Waals surface area contributed by atoms with Crippen LogP contribution >= 0.6 is 23.9 Å². The van der Waals surface area contributed by atoms with Crippen LogP contribution in [0.5, 0.6) is 0 Å². The Labute approximate surface area is 58.3 Å². The molecule has 8 heavy (non-hydrogen) atoms. The van der Waals surface area contributed by atoms with Crippen LogP contribution in [0, 0.1) is 0 Å². The lowest BCUT2D eigenvalue weighted by molar-refractivity contribution is 1.07. The molecular formula is C4H7ClN2S. The Balaban J connectivity index is 0.000000490. The highest BCUT2D eigenvalue weighted by molar-refractivity contribution is 7.03. The van der Waals surface area contributed by atoms with E-state index < -0.39 is 0 Å². The molecule has 1 aromatic heterocycles. The highest BCUT2D eigenvalue weighted by Crippen LogP contribution is 1.97. The van der Waals surface area contributed by atoms with Gasteiger partial charge < -0.3 is 5.73 Å². The standard InChI is InChI=1S/C4H6N2S.ClH/c5-1-4-2-6-7-3-4;/h2-3H,1,5H2;1H. The number of rotatable bonds is 1. The van der Waals surface area contributed by atoms with Crippen molar-refractivity contribution in [2.45, 2.75) is 6.54 Å². The smallest absolute Gasteiger partial charge is 0.0451 e. The topological polar surface area (TPSA) is 38.9 Å². The van der Waals surface area contributed by atoms with Crippen molar-refractivity contribution >= 4 is 23.9 Å². The molecule has 46 valence electrons. The van der Waals surface area contributed by atoms with Gasteiger partial charge in [-0.05, 0) is 17.1 Å². The van der Waals surface area contributed by atoms with E-state index in [4.69, 9.17) is 5.73 Å². The Kier molecular flexibility index (Phi) is 3.77. The molecule has 0 aliphatic heterocycles. The first-order valence-electron chi connectivity index (χ1n) is 2.02. The molecule has 1 aromatic rings. The van der Waals surface area contributed by atoms with Crippen LogP contribution in [0.4, 0.5) is 0 Å². The van der Waals surface area contributed by atoms with E-state index in [9.17, 15) is 0 Å². The van der Waals surface area contributed by atoms with Gasteiger partial charge in [-0.25, -0.2) is 4.37 Å². The molecule has 0 aliphatic carbocycles. The second-order valence-electron chi connectivity index (χ2n) is 1.24. The van der Waals surface area contributed by atoms with E-state index in [0.717, 1.165) is 5.56 Å². The van der Waals surface area contributed by atoms with E-state index in [1.807, 2.05) is 5.38 Å². The van der Waals surface area contributed by atoms with E-state index in [1.54, 1.807) is 6.20 Å². The Morgan fingerprint density at radius 1 is 1.75 bits per heavy atom. The maximum atomic E-state index is 5.26. The van der Waals surface area contributed by atoms with Gasteiger partial charge in [-0.1, -0.05) is 0 Å². The van der Waals surface area contributed by atoms with E-state index in [2.05, 4.69) is 4.37 Å². The minimum Gasteiger partial charge on any atom is -0.326 e. The molecule has 0 bridgehead atoms. The van der Waals surface area contributed by atoms with Crippen molar-refractivity contribution in [3.63, 3.8) is 0 Å². The summed E-state index contributed by atoms with van der Waals surface area (Å²) in [6.07, 6.45) is 1.78. The minimum atomic E-state index is 0. The third-order valence-corrected chi connectivity index (χ3v) is 1.35. The second kappa shape index (κ2) is 3.83. The highest BCUT2D eigenvalue weighted by Gasteiger charge is 1.84. The van der Waals surface area contributed by atoms with E-state index in [0.29, 0.717) is 6.54 Å². The van der Waals surface area contributed by atoms with Gasteiger partial charge in [0.15, 0.2) is 0 Å². The molecule has 0 unspecified atom stereocenters. The van der Waals surface area contributed by atoms with Crippen LogP contribution in [-0.4, -0.2) is 4.37 Å². The molecule has 0 spiro atoms. The van der Waals surface area contributed by atoms with E-state index >= 15 is 0 Å². The van der Waals surface area contributed by atoms with Crippen molar-refractivity contribution in [3.8, 4) is 0 Å². The normalized spacial score (nSPS) is 8.12. The first-order chi connectivity index (χ1) is 3.43. The number of nitrogens with zero attached hydrogens (tertiary/aromatic N) is 1. The van der Waals surface area contributed by atoms with Crippen LogP contribution in [0.1, 0.15) is 5.56 Å². The summed E-state index contributed by atoms with van der Waals surface area (Å²) in [7, 11) is 0. The summed E-state index contributed by atoms with van der Waals surface area (Å²) < 4.78 is 3.85. The van der Waals surface area contributed by atoms with Crippen LogP contribution in [0.2, 0.25) is 0 Å². The molecule has 2 N–H and O–H groups in total. The number of nitrogens with two attached hydrogens (primary N) is 1. The molecule has 0 aliphatic rings. The average molecular weight is 151 g/mol. The second-order valence-corrected chi connectivity index (χ2v) is 1.89. The number of hydrogen-bond donors (Lipinski definition) is 1. The van der Waals surface area contributed by atoms with Crippen molar-refractivity contribution in [2.75, 3.05) is 0 Å². The highest BCUT2D eigenvalue weighted by atomic mass is 35.5. The van der Waals surface area contributed by atoms with Crippen LogP contribution in [0.3, 0.4) is 0 Å². The third kappa shape index (κ3) is 1.78. The van der Waals surface area contributed by atoms with Gasteiger partial charge in [0.2, 0.25) is 0 Å². The number of aromatic nitrogens is 1. The van der Waals surface area contributed by atoms with Crippen LogP contribution in [0.25, 0.3) is 0 Å². The van der Waals surface area contributed by atoms with Gasteiger partial charge in [0.25, 0.3) is 0 Å². The van der Waals surface area contributed by atoms with Crippen molar-refractivity contribution in [1.82, 2.24) is 4.37 Å². The minimum absolute atomic E-state index is 0. The Morgan fingerprint density at radius 2 is 2.50 bits per heavy atom. The predicted octanol–water partition coefficient (Wildman–Crippen LogP) is 1.02. The lowest BCUT2D eigenvalue weighted by Crippen LogP contribution is -1.92. The van der Waals surface area contributed by atoms with Crippen LogP contribution in [-0.2, 0) is 6.54 Å². The molecule has 1 rings (SSSR count). The Bertz CT molecular complexity index is 129. The zero-order chi connectivity index (χ0) is 5.11. The fraction of sp³-hybridized carbons (Fsp3) is 0.250. The zero-order valence-corrected chi connectivity index (χ0v) is 5.84. The molecular weight excluding hydrogens is 144 g/mol. The summed E-state index contributed by atoms with van der Waals surface area (Å²) in [6, 6.07) is 0. The van der Waals surface area contributed by atoms with Crippen LogP contribution in [0.15, 0.2) is 11.6 Å². The molecule has 0 amide bonds. The van der Waals surface area contributed by atoms with E-state index in [1.165, 1.54) is 11.5 Å². The molecule has 4 heteroatoms. The molecule has 1 heterocycles. The third-order valence-electron chi connectivity index (χ3n) is 0.719. The van der Waals surface area contributed by atoms with Crippen LogP contribution < -0.4 is 5.73 Å². The molecule has 0 fully saturated rings. The number of halogens is 1. The van der Waals surface area contributed by atoms with Gasteiger partial charge in [-0.3, -0.25) is 0 Å². The zero-order valence-electron chi connectivity index (χ0n) is 4.20. The Hall–Kier alpha value is -0.120. The summed E-state index contributed by atoms with van der Waals surface area (Å²) in [5.41, 5.74) is 6.38. The summed E-state index contributed by atoms with van der Waals surface area (Å²) >= 11 is 1.43. The monoisotopic (exact) mass is 150 g/mol. The molecule has 0 saturated heterocycles. The Morgan fingerprint density at radius 3 is 2.75 bits per heavy atom. The van der Waals surface area contributed by atoms with Gasteiger partial charge >= 0.3 is 0 Å². The van der Waals surface area contributed by atoms with Crippen molar-refractivity contribution in [1.29, 1.82) is 0 Å². The predicted molar refractivity (Wildman–Crippen MR) is 37.3 cm³/mol. The van der Waals surface area contributed by atoms with E-state index in [-0.39, 0.29) is 12.4 Å². The molecule has 2 nitrogen and oxygen atoms in total. The summed E-state index contributed by atoms with van der Waals surface area (Å²) in [5, 5.41) is 1.94. The first kappa shape index (κ1) is 7.88. The quantitative estimate of drug-likeness (QED) is 0.650. The summed E-state index contributed by atoms with van der Waals surface area (Å²) in [4.78, 5) is 0. The fourth-order valence-corrected chi connectivity index (χ4v) is 0.877.